The summed E-state index contributed by atoms with van der Waals surface area (Å²) in [5.41, 5.74) is 1.20. The first-order chi connectivity index (χ1) is 11.1. The summed E-state index contributed by atoms with van der Waals surface area (Å²) in [4.78, 5) is 24.0. The van der Waals surface area contributed by atoms with Crippen LogP contribution < -0.4 is 10.9 Å². The molecule has 0 unspecified atom stereocenters. The highest BCUT2D eigenvalue weighted by Crippen LogP contribution is 2.30. The van der Waals surface area contributed by atoms with Gasteiger partial charge >= 0.3 is 0 Å². The van der Waals surface area contributed by atoms with Crippen LogP contribution in [0.15, 0.2) is 29.2 Å². The van der Waals surface area contributed by atoms with E-state index in [1.165, 1.54) is 23.6 Å². The van der Waals surface area contributed by atoms with Crippen molar-refractivity contribution >= 4 is 21.6 Å². The minimum Gasteiger partial charge on any atom is -0.319 e. The third-order valence-corrected chi connectivity index (χ3v) is 4.71. The van der Waals surface area contributed by atoms with Crippen LogP contribution in [0.3, 0.4) is 0 Å². The Morgan fingerprint density at radius 3 is 3.00 bits per heavy atom. The Morgan fingerprint density at radius 2 is 2.26 bits per heavy atom. The standard InChI is InChI=1S/C16H17FN4OS/c1-9(8-18-2)5-14-20-11-7-12(23-15(11)16(22)21-14)10-3-4-19-13(17)6-10/h3-4,6-7,9,18H,5,8H2,1-2H3,(H,20,21,22)/t9-/m1/s1. The van der Waals surface area contributed by atoms with E-state index in [-0.39, 0.29) is 5.56 Å². The van der Waals surface area contributed by atoms with Gasteiger partial charge in [-0.3, -0.25) is 4.79 Å². The van der Waals surface area contributed by atoms with Gasteiger partial charge in [0.1, 0.15) is 10.5 Å². The average Bonchev–Trinajstić information content (AvgIpc) is 2.92. The van der Waals surface area contributed by atoms with Crippen molar-refractivity contribution in [3.05, 3.63) is 46.5 Å². The number of hydrogen-bond acceptors (Lipinski definition) is 5. The number of hydrogen-bond donors (Lipinski definition) is 2. The topological polar surface area (TPSA) is 70.7 Å². The van der Waals surface area contributed by atoms with E-state index in [1.54, 1.807) is 6.07 Å². The monoisotopic (exact) mass is 332 g/mol. The van der Waals surface area contributed by atoms with Crippen LogP contribution in [0.5, 0.6) is 0 Å². The number of nitrogens with one attached hydrogen (secondary N) is 2. The lowest BCUT2D eigenvalue weighted by Crippen LogP contribution is -2.20. The number of fused-ring (bicyclic) bond motifs is 1. The zero-order chi connectivity index (χ0) is 16.4. The molecule has 0 aliphatic heterocycles. The zero-order valence-electron chi connectivity index (χ0n) is 12.9. The third-order valence-electron chi connectivity index (χ3n) is 3.54. The summed E-state index contributed by atoms with van der Waals surface area (Å²) >= 11 is 1.31. The molecule has 3 aromatic rings. The molecule has 3 rings (SSSR count). The highest BCUT2D eigenvalue weighted by atomic mass is 32.1. The number of halogens is 1. The molecule has 0 aliphatic carbocycles. The van der Waals surface area contributed by atoms with E-state index < -0.39 is 5.95 Å². The SMILES string of the molecule is CNC[C@H](C)Cc1nc2cc(-c3ccnc(F)c3)sc2c(=O)[nH]1. The van der Waals surface area contributed by atoms with Crippen LogP contribution in [-0.2, 0) is 6.42 Å². The Kier molecular flexibility index (Phi) is 4.49. The first-order valence-corrected chi connectivity index (χ1v) is 8.17. The summed E-state index contributed by atoms with van der Waals surface area (Å²) in [6, 6.07) is 4.91. The van der Waals surface area contributed by atoms with Gasteiger partial charge < -0.3 is 10.3 Å². The Labute approximate surface area is 136 Å². The van der Waals surface area contributed by atoms with Crippen molar-refractivity contribution in [1.29, 1.82) is 0 Å². The summed E-state index contributed by atoms with van der Waals surface area (Å²) in [6.07, 6.45) is 2.11. The van der Waals surface area contributed by atoms with Gasteiger partial charge in [0.05, 0.1) is 5.52 Å². The van der Waals surface area contributed by atoms with E-state index in [0.29, 0.717) is 33.9 Å². The first kappa shape index (κ1) is 15.8. The van der Waals surface area contributed by atoms with Gasteiger partial charge in [0.25, 0.3) is 5.56 Å². The molecular formula is C16H17FN4OS. The van der Waals surface area contributed by atoms with Crippen LogP contribution in [0.2, 0.25) is 0 Å². The van der Waals surface area contributed by atoms with Crippen LogP contribution in [0, 0.1) is 11.9 Å². The van der Waals surface area contributed by atoms with Crippen molar-refractivity contribution in [3.8, 4) is 10.4 Å². The molecule has 0 saturated carbocycles. The van der Waals surface area contributed by atoms with Crippen LogP contribution in [0.25, 0.3) is 20.7 Å². The van der Waals surface area contributed by atoms with Gasteiger partial charge in [-0.2, -0.15) is 4.39 Å². The molecule has 0 spiro atoms. The summed E-state index contributed by atoms with van der Waals surface area (Å²) in [7, 11) is 1.90. The molecule has 0 amide bonds. The quantitative estimate of drug-likeness (QED) is 0.705. The van der Waals surface area contributed by atoms with E-state index in [0.717, 1.165) is 11.4 Å². The summed E-state index contributed by atoms with van der Waals surface area (Å²) < 4.78 is 13.8. The smallest absolute Gasteiger partial charge is 0.268 e. The minimum absolute atomic E-state index is 0.146. The average molecular weight is 332 g/mol. The third kappa shape index (κ3) is 3.46. The lowest BCUT2D eigenvalue weighted by molar-refractivity contribution is 0.528. The number of pyridine rings is 1. The fraction of sp³-hybridized carbons (Fsp3) is 0.312. The van der Waals surface area contributed by atoms with Crippen LogP contribution in [0.4, 0.5) is 4.39 Å². The maximum atomic E-state index is 13.3. The molecule has 1 atom stereocenters. The van der Waals surface area contributed by atoms with E-state index in [1.807, 2.05) is 13.1 Å². The van der Waals surface area contributed by atoms with Gasteiger partial charge in [-0.1, -0.05) is 6.92 Å². The molecule has 0 bridgehead atoms. The maximum Gasteiger partial charge on any atom is 0.268 e. The van der Waals surface area contributed by atoms with Crippen LogP contribution in [-0.4, -0.2) is 28.5 Å². The lowest BCUT2D eigenvalue weighted by Gasteiger charge is -2.09. The molecule has 0 aliphatic rings. The largest absolute Gasteiger partial charge is 0.319 e. The molecule has 0 aromatic carbocycles. The highest BCUT2D eigenvalue weighted by Gasteiger charge is 2.12. The van der Waals surface area contributed by atoms with E-state index >= 15 is 0 Å². The van der Waals surface area contributed by atoms with Gasteiger partial charge in [-0.05, 0) is 37.2 Å². The molecule has 120 valence electrons. The van der Waals surface area contributed by atoms with Gasteiger partial charge in [-0.15, -0.1) is 11.3 Å². The first-order valence-electron chi connectivity index (χ1n) is 7.36. The fourth-order valence-corrected chi connectivity index (χ4v) is 3.52. The van der Waals surface area contributed by atoms with Crippen molar-refractivity contribution < 1.29 is 4.39 Å². The van der Waals surface area contributed by atoms with Gasteiger partial charge in [0, 0.05) is 23.6 Å². The number of nitrogens with zero attached hydrogens (tertiary/aromatic N) is 2. The van der Waals surface area contributed by atoms with Gasteiger partial charge in [0.2, 0.25) is 5.95 Å². The molecular weight excluding hydrogens is 315 g/mol. The molecule has 3 heterocycles. The predicted octanol–water partition coefficient (Wildman–Crippen LogP) is 2.58. The Hall–Kier alpha value is -2.12. The zero-order valence-corrected chi connectivity index (χ0v) is 13.7. The fourth-order valence-electron chi connectivity index (χ4n) is 2.53. The van der Waals surface area contributed by atoms with E-state index in [9.17, 15) is 9.18 Å². The Balaban J connectivity index is 1.99. The van der Waals surface area contributed by atoms with Crippen molar-refractivity contribution in [3.63, 3.8) is 0 Å². The second-order valence-corrected chi connectivity index (χ2v) is 6.62. The number of aromatic amines is 1. The molecule has 7 heteroatoms. The second kappa shape index (κ2) is 6.55. The molecule has 2 N–H and O–H groups in total. The number of rotatable bonds is 5. The molecule has 5 nitrogen and oxygen atoms in total. The molecule has 3 aromatic heterocycles. The Bertz CT molecular complexity index is 889. The number of aromatic nitrogens is 3. The highest BCUT2D eigenvalue weighted by molar-refractivity contribution is 7.22. The van der Waals surface area contributed by atoms with E-state index in [4.69, 9.17) is 0 Å². The van der Waals surface area contributed by atoms with Gasteiger partial charge in [-0.25, -0.2) is 9.97 Å². The number of thiophene rings is 1. The molecule has 0 radical (unpaired) electrons. The summed E-state index contributed by atoms with van der Waals surface area (Å²) in [6.45, 7) is 2.95. The second-order valence-electron chi connectivity index (χ2n) is 5.57. The molecule has 23 heavy (non-hydrogen) atoms. The van der Waals surface area contributed by atoms with Crippen LogP contribution in [0.1, 0.15) is 12.7 Å². The minimum atomic E-state index is -0.539. The number of H-pyrrole nitrogens is 1. The van der Waals surface area contributed by atoms with Gasteiger partial charge in [0.15, 0.2) is 0 Å². The normalized spacial score (nSPS) is 12.7. The molecule has 0 saturated heterocycles. The summed E-state index contributed by atoms with van der Waals surface area (Å²) in [5, 5.41) is 3.11. The lowest BCUT2D eigenvalue weighted by atomic mass is 10.1. The van der Waals surface area contributed by atoms with Crippen molar-refractivity contribution in [2.45, 2.75) is 13.3 Å². The van der Waals surface area contributed by atoms with E-state index in [2.05, 4.69) is 27.2 Å². The van der Waals surface area contributed by atoms with Crippen molar-refractivity contribution in [2.75, 3.05) is 13.6 Å². The predicted molar refractivity (Wildman–Crippen MR) is 90.2 cm³/mol. The maximum absolute atomic E-state index is 13.3. The summed E-state index contributed by atoms with van der Waals surface area (Å²) in [5.74, 6) is 0.506. The van der Waals surface area contributed by atoms with Crippen LogP contribution >= 0.6 is 11.3 Å². The van der Waals surface area contributed by atoms with Crippen molar-refractivity contribution in [1.82, 2.24) is 20.3 Å². The molecule has 0 fully saturated rings. The Morgan fingerprint density at radius 1 is 1.43 bits per heavy atom. The van der Waals surface area contributed by atoms with Crippen molar-refractivity contribution in [2.24, 2.45) is 5.92 Å².